The molecule has 0 fully saturated rings. The Morgan fingerprint density at radius 3 is 2.44 bits per heavy atom. The van der Waals surface area contributed by atoms with Gasteiger partial charge in [0.2, 0.25) is 0 Å². The minimum atomic E-state index is -0.108. The van der Waals surface area contributed by atoms with Gasteiger partial charge >= 0.3 is 0 Å². The lowest BCUT2D eigenvalue weighted by atomic mass is 10.2. The standard InChI is InChI=1S/C14H22BrNO2/c1-4-17-14(18-5-2)8-9-16-13-7-6-12(15)10-11(13)3/h6-7,10,14,16H,4-5,8-9H2,1-3H3. The number of ether oxygens (including phenoxy) is 2. The van der Waals surface area contributed by atoms with Crippen LogP contribution in [0.5, 0.6) is 0 Å². The van der Waals surface area contributed by atoms with E-state index < -0.39 is 0 Å². The molecule has 1 aromatic rings. The predicted octanol–water partition coefficient (Wildman–Crippen LogP) is 3.96. The van der Waals surface area contributed by atoms with Crippen molar-refractivity contribution in [1.82, 2.24) is 0 Å². The highest BCUT2D eigenvalue weighted by molar-refractivity contribution is 9.10. The fraction of sp³-hybridized carbons (Fsp3) is 0.571. The summed E-state index contributed by atoms with van der Waals surface area (Å²) in [6.07, 6.45) is 0.736. The molecule has 0 spiro atoms. The molecule has 0 radical (unpaired) electrons. The smallest absolute Gasteiger partial charge is 0.159 e. The summed E-state index contributed by atoms with van der Waals surface area (Å²) in [5.74, 6) is 0. The van der Waals surface area contributed by atoms with Crippen LogP contribution in [0.15, 0.2) is 22.7 Å². The monoisotopic (exact) mass is 315 g/mol. The molecular weight excluding hydrogens is 294 g/mol. The molecule has 3 nitrogen and oxygen atoms in total. The second kappa shape index (κ2) is 8.51. The molecular formula is C14H22BrNO2. The lowest BCUT2D eigenvalue weighted by molar-refractivity contribution is -0.137. The van der Waals surface area contributed by atoms with Crippen molar-refractivity contribution in [2.24, 2.45) is 0 Å². The molecule has 1 aromatic carbocycles. The molecule has 0 bridgehead atoms. The van der Waals surface area contributed by atoms with Gasteiger partial charge in [0.25, 0.3) is 0 Å². The Morgan fingerprint density at radius 2 is 1.89 bits per heavy atom. The highest BCUT2D eigenvalue weighted by atomic mass is 79.9. The summed E-state index contributed by atoms with van der Waals surface area (Å²) in [7, 11) is 0. The van der Waals surface area contributed by atoms with Crippen LogP contribution in [-0.2, 0) is 9.47 Å². The second-order valence-corrected chi connectivity index (χ2v) is 4.93. The van der Waals surface area contributed by atoms with Gasteiger partial charge in [-0.25, -0.2) is 0 Å². The summed E-state index contributed by atoms with van der Waals surface area (Å²) in [5.41, 5.74) is 2.39. The summed E-state index contributed by atoms with van der Waals surface area (Å²) in [5, 5.41) is 3.41. The lowest BCUT2D eigenvalue weighted by Crippen LogP contribution is -2.21. The van der Waals surface area contributed by atoms with Gasteiger partial charge in [0, 0.05) is 36.3 Å². The van der Waals surface area contributed by atoms with Crippen LogP contribution in [0.3, 0.4) is 0 Å². The SMILES string of the molecule is CCOC(CCNc1ccc(Br)cc1C)OCC. The van der Waals surface area contributed by atoms with Crippen molar-refractivity contribution in [2.75, 3.05) is 25.1 Å². The van der Waals surface area contributed by atoms with Crippen molar-refractivity contribution in [2.45, 2.75) is 33.5 Å². The quantitative estimate of drug-likeness (QED) is 0.737. The molecule has 0 saturated carbocycles. The maximum atomic E-state index is 5.50. The first kappa shape index (κ1) is 15.5. The number of aryl methyl sites for hydroxylation is 1. The van der Waals surface area contributed by atoms with Crippen molar-refractivity contribution in [3.63, 3.8) is 0 Å². The molecule has 1 rings (SSSR count). The molecule has 0 aliphatic rings. The fourth-order valence-corrected chi connectivity index (χ4v) is 2.21. The van der Waals surface area contributed by atoms with E-state index in [1.165, 1.54) is 5.56 Å². The van der Waals surface area contributed by atoms with Crippen LogP contribution in [0.2, 0.25) is 0 Å². The van der Waals surface area contributed by atoms with Crippen molar-refractivity contribution in [3.8, 4) is 0 Å². The molecule has 0 saturated heterocycles. The first-order valence-corrected chi connectivity index (χ1v) is 7.19. The van der Waals surface area contributed by atoms with E-state index in [1.807, 2.05) is 19.9 Å². The summed E-state index contributed by atoms with van der Waals surface area (Å²) in [6.45, 7) is 8.27. The van der Waals surface area contributed by atoms with Crippen molar-refractivity contribution >= 4 is 21.6 Å². The normalized spacial score (nSPS) is 10.9. The minimum absolute atomic E-state index is 0.108. The molecule has 18 heavy (non-hydrogen) atoms. The maximum absolute atomic E-state index is 5.50. The van der Waals surface area contributed by atoms with Crippen LogP contribution >= 0.6 is 15.9 Å². The molecule has 0 aliphatic heterocycles. The van der Waals surface area contributed by atoms with E-state index >= 15 is 0 Å². The fourth-order valence-electron chi connectivity index (χ4n) is 1.74. The third kappa shape index (κ3) is 5.38. The van der Waals surface area contributed by atoms with Gasteiger partial charge in [-0.2, -0.15) is 0 Å². The van der Waals surface area contributed by atoms with Gasteiger partial charge < -0.3 is 14.8 Å². The van der Waals surface area contributed by atoms with E-state index in [2.05, 4.69) is 40.3 Å². The number of hydrogen-bond acceptors (Lipinski definition) is 3. The van der Waals surface area contributed by atoms with E-state index in [9.17, 15) is 0 Å². The highest BCUT2D eigenvalue weighted by Gasteiger charge is 2.07. The third-order valence-electron chi connectivity index (χ3n) is 2.59. The molecule has 0 atom stereocenters. The highest BCUT2D eigenvalue weighted by Crippen LogP contribution is 2.20. The van der Waals surface area contributed by atoms with Crippen LogP contribution in [-0.4, -0.2) is 26.0 Å². The Morgan fingerprint density at radius 1 is 1.22 bits per heavy atom. The average molecular weight is 316 g/mol. The zero-order valence-electron chi connectivity index (χ0n) is 11.3. The molecule has 0 unspecified atom stereocenters. The summed E-state index contributed by atoms with van der Waals surface area (Å²) in [4.78, 5) is 0. The van der Waals surface area contributed by atoms with Gasteiger partial charge in [-0.05, 0) is 44.5 Å². The zero-order chi connectivity index (χ0) is 13.4. The summed E-state index contributed by atoms with van der Waals surface area (Å²) < 4.78 is 12.1. The van der Waals surface area contributed by atoms with Crippen molar-refractivity contribution in [1.29, 1.82) is 0 Å². The van der Waals surface area contributed by atoms with Crippen LogP contribution in [0, 0.1) is 6.92 Å². The lowest BCUT2D eigenvalue weighted by Gasteiger charge is -2.18. The molecule has 0 amide bonds. The first-order chi connectivity index (χ1) is 8.67. The third-order valence-corrected chi connectivity index (χ3v) is 3.08. The van der Waals surface area contributed by atoms with E-state index in [1.54, 1.807) is 0 Å². The van der Waals surface area contributed by atoms with Crippen LogP contribution in [0.1, 0.15) is 25.8 Å². The van der Waals surface area contributed by atoms with Crippen LogP contribution in [0.4, 0.5) is 5.69 Å². The largest absolute Gasteiger partial charge is 0.385 e. The Kier molecular flexibility index (Phi) is 7.32. The van der Waals surface area contributed by atoms with E-state index in [4.69, 9.17) is 9.47 Å². The Bertz CT molecular complexity index is 352. The maximum Gasteiger partial charge on any atom is 0.159 e. The minimum Gasteiger partial charge on any atom is -0.385 e. The zero-order valence-corrected chi connectivity index (χ0v) is 12.9. The van der Waals surface area contributed by atoms with Crippen LogP contribution in [0.25, 0.3) is 0 Å². The van der Waals surface area contributed by atoms with Gasteiger partial charge in [-0.15, -0.1) is 0 Å². The molecule has 0 aliphatic carbocycles. The number of anilines is 1. The molecule has 1 N–H and O–H groups in total. The molecule has 0 aromatic heterocycles. The molecule has 0 heterocycles. The summed E-state index contributed by atoms with van der Waals surface area (Å²) >= 11 is 3.46. The second-order valence-electron chi connectivity index (χ2n) is 4.01. The van der Waals surface area contributed by atoms with Gasteiger partial charge in [0.15, 0.2) is 6.29 Å². The van der Waals surface area contributed by atoms with E-state index in [0.717, 1.165) is 23.1 Å². The number of nitrogens with one attached hydrogen (secondary N) is 1. The number of rotatable bonds is 8. The van der Waals surface area contributed by atoms with Gasteiger partial charge in [-0.3, -0.25) is 0 Å². The van der Waals surface area contributed by atoms with E-state index in [-0.39, 0.29) is 6.29 Å². The number of benzene rings is 1. The topological polar surface area (TPSA) is 30.5 Å². The Balaban J connectivity index is 2.39. The van der Waals surface area contributed by atoms with Gasteiger partial charge in [0.1, 0.15) is 0 Å². The number of halogens is 1. The van der Waals surface area contributed by atoms with Gasteiger partial charge in [0.05, 0.1) is 0 Å². The average Bonchev–Trinajstić information content (AvgIpc) is 2.32. The van der Waals surface area contributed by atoms with Crippen molar-refractivity contribution < 1.29 is 9.47 Å². The van der Waals surface area contributed by atoms with Gasteiger partial charge in [-0.1, -0.05) is 15.9 Å². The Hall–Kier alpha value is -0.580. The Labute approximate surface area is 118 Å². The first-order valence-electron chi connectivity index (χ1n) is 6.40. The molecule has 4 heteroatoms. The number of hydrogen-bond donors (Lipinski definition) is 1. The summed E-state index contributed by atoms with van der Waals surface area (Å²) in [6, 6.07) is 6.22. The molecule has 102 valence electrons. The van der Waals surface area contributed by atoms with Crippen LogP contribution < -0.4 is 5.32 Å². The van der Waals surface area contributed by atoms with Crippen molar-refractivity contribution in [3.05, 3.63) is 28.2 Å². The van der Waals surface area contributed by atoms with E-state index in [0.29, 0.717) is 13.2 Å². The predicted molar refractivity (Wildman–Crippen MR) is 79.0 cm³/mol.